The zero-order valence-corrected chi connectivity index (χ0v) is 32.9. The van der Waals surface area contributed by atoms with Crippen molar-refractivity contribution in [2.75, 3.05) is 56.0 Å². The highest BCUT2D eigenvalue weighted by Gasteiger charge is 2.35. The maximum Gasteiger partial charge on any atom is 0.419 e. The van der Waals surface area contributed by atoms with E-state index in [0.717, 1.165) is 82.0 Å². The maximum absolute atomic E-state index is 13.8. The fraction of sp³-hybridized carbons (Fsp3) is 0.525. The van der Waals surface area contributed by atoms with Crippen LogP contribution < -0.4 is 21.2 Å². The van der Waals surface area contributed by atoms with Gasteiger partial charge >= 0.3 is 11.9 Å². The lowest BCUT2D eigenvalue weighted by Gasteiger charge is -2.38. The number of halogens is 3. The number of sulfonamides is 1. The van der Waals surface area contributed by atoms with Crippen molar-refractivity contribution >= 4 is 44.5 Å². The van der Waals surface area contributed by atoms with Crippen LogP contribution in [0.25, 0.3) is 11.0 Å². The summed E-state index contributed by atoms with van der Waals surface area (Å²) in [5.41, 5.74) is 1.26. The summed E-state index contributed by atoms with van der Waals surface area (Å²) in [5.74, 6) is 0.191. The molecule has 1 unspecified atom stereocenters. The molecule has 18 heteroatoms. The number of hydrogen-bond acceptors (Lipinski definition) is 10. The lowest BCUT2D eigenvalue weighted by molar-refractivity contribution is -0.138. The number of likely N-dealkylation sites (tertiary alicyclic amines) is 1. The number of carbonyl (C=O) groups is 2. The standard InChI is InChI=1S/C40H48F3N9O5S/c41-40(42,43)29-23-44-38(45-24-29)46-30-14-20-50(21-15-30)58(56,57)32-5-3-4-31(22-32)49-18-12-27(13-19-49)25-48-16-10-28(11-17-48)26-51-33-6-1-2-7-34(33)52(39(51)55)35-8-9-36(53)47-37(35)54/h1-7,22-24,27-28,30,35H,8-21,25-26H2,(H,44,45,46)(H,47,53,54). The van der Waals surface area contributed by atoms with E-state index in [0.29, 0.717) is 43.2 Å². The number of benzene rings is 2. The lowest BCUT2D eigenvalue weighted by Crippen LogP contribution is -2.45. The second-order valence-electron chi connectivity index (χ2n) is 16.0. The molecule has 6 heterocycles. The number of piperidine rings is 4. The Hall–Kier alpha value is -4.81. The molecule has 4 aromatic rings. The minimum absolute atomic E-state index is 0.0803. The highest BCUT2D eigenvalue weighted by Crippen LogP contribution is 2.31. The third kappa shape index (κ3) is 8.50. The van der Waals surface area contributed by atoms with Gasteiger partial charge in [0, 0.05) is 69.8 Å². The number of rotatable bonds is 10. The molecule has 4 aliphatic heterocycles. The van der Waals surface area contributed by atoms with Crippen LogP contribution in [0, 0.1) is 11.8 Å². The van der Waals surface area contributed by atoms with Gasteiger partial charge in [0.25, 0.3) is 0 Å². The molecule has 4 aliphatic rings. The Balaban J connectivity index is 0.804. The van der Waals surface area contributed by atoms with Crippen molar-refractivity contribution in [2.45, 2.75) is 81.1 Å². The smallest absolute Gasteiger partial charge is 0.371 e. The van der Waals surface area contributed by atoms with Crippen molar-refractivity contribution in [1.82, 2.24) is 33.6 Å². The lowest BCUT2D eigenvalue weighted by atomic mass is 9.92. The first kappa shape index (κ1) is 40.0. The van der Waals surface area contributed by atoms with Crippen molar-refractivity contribution in [3.63, 3.8) is 0 Å². The highest BCUT2D eigenvalue weighted by molar-refractivity contribution is 7.89. The molecule has 8 rings (SSSR count). The van der Waals surface area contributed by atoms with Crippen LogP contribution in [-0.4, -0.2) is 100 Å². The first-order valence-corrected chi connectivity index (χ1v) is 21.5. The van der Waals surface area contributed by atoms with E-state index in [4.69, 9.17) is 0 Å². The average Bonchev–Trinajstić information content (AvgIpc) is 3.49. The first-order chi connectivity index (χ1) is 27.8. The molecule has 14 nitrogen and oxygen atoms in total. The number of amides is 2. The highest BCUT2D eigenvalue weighted by atomic mass is 32.2. The average molecular weight is 824 g/mol. The van der Waals surface area contributed by atoms with E-state index in [-0.39, 0.29) is 48.0 Å². The van der Waals surface area contributed by atoms with Gasteiger partial charge in [-0.2, -0.15) is 17.5 Å². The second-order valence-corrected chi connectivity index (χ2v) is 17.9. The summed E-state index contributed by atoms with van der Waals surface area (Å²) in [7, 11) is -3.75. The summed E-state index contributed by atoms with van der Waals surface area (Å²) in [5, 5.41) is 5.42. The van der Waals surface area contributed by atoms with Crippen LogP contribution in [0.3, 0.4) is 0 Å². The molecule has 2 aromatic heterocycles. The van der Waals surface area contributed by atoms with Crippen molar-refractivity contribution < 1.29 is 31.2 Å². The van der Waals surface area contributed by atoms with E-state index in [1.54, 1.807) is 27.3 Å². The number of aromatic nitrogens is 4. The molecule has 310 valence electrons. The third-order valence-corrected chi connectivity index (χ3v) is 14.2. The summed E-state index contributed by atoms with van der Waals surface area (Å²) in [6, 6.07) is 13.8. The number of nitrogens with one attached hydrogen (secondary N) is 2. The van der Waals surface area contributed by atoms with E-state index in [9.17, 15) is 36.0 Å². The van der Waals surface area contributed by atoms with Crippen LogP contribution >= 0.6 is 0 Å². The van der Waals surface area contributed by atoms with E-state index < -0.39 is 33.7 Å². The second kappa shape index (κ2) is 16.4. The van der Waals surface area contributed by atoms with Gasteiger partial charge < -0.3 is 15.1 Å². The molecular weight excluding hydrogens is 776 g/mol. The van der Waals surface area contributed by atoms with Gasteiger partial charge in [-0.3, -0.25) is 24.0 Å². The molecule has 0 saturated carbocycles. The van der Waals surface area contributed by atoms with Gasteiger partial charge in [0.2, 0.25) is 27.8 Å². The Morgan fingerprint density at radius 3 is 2.10 bits per heavy atom. The Kier molecular flexibility index (Phi) is 11.3. The number of para-hydroxylation sites is 2. The van der Waals surface area contributed by atoms with Crippen molar-refractivity contribution in [1.29, 1.82) is 0 Å². The number of imide groups is 1. The largest absolute Gasteiger partial charge is 0.419 e. The van der Waals surface area contributed by atoms with Gasteiger partial charge in [0.05, 0.1) is 21.5 Å². The zero-order valence-electron chi connectivity index (χ0n) is 32.1. The van der Waals surface area contributed by atoms with Gasteiger partial charge in [-0.1, -0.05) is 18.2 Å². The zero-order chi connectivity index (χ0) is 40.6. The number of hydrogen-bond donors (Lipinski definition) is 2. The summed E-state index contributed by atoms with van der Waals surface area (Å²) in [6.45, 7) is 5.66. The van der Waals surface area contributed by atoms with E-state index in [1.165, 1.54) is 4.31 Å². The molecule has 0 bridgehead atoms. The van der Waals surface area contributed by atoms with E-state index in [1.807, 2.05) is 30.3 Å². The van der Waals surface area contributed by atoms with Gasteiger partial charge in [-0.05, 0) is 100 Å². The van der Waals surface area contributed by atoms with Gasteiger partial charge in [0.15, 0.2) is 0 Å². The number of carbonyl (C=O) groups excluding carboxylic acids is 2. The Morgan fingerprint density at radius 1 is 0.776 bits per heavy atom. The Morgan fingerprint density at radius 2 is 1.43 bits per heavy atom. The molecule has 2 amide bonds. The van der Waals surface area contributed by atoms with Crippen LogP contribution in [0.1, 0.15) is 63.0 Å². The fourth-order valence-corrected chi connectivity index (χ4v) is 10.5. The number of imidazole rings is 1. The van der Waals surface area contributed by atoms with E-state index >= 15 is 0 Å². The molecule has 2 N–H and O–H groups in total. The summed E-state index contributed by atoms with van der Waals surface area (Å²) in [6.07, 6.45) is 2.31. The molecule has 0 radical (unpaired) electrons. The van der Waals surface area contributed by atoms with Crippen molar-refractivity contribution in [2.24, 2.45) is 11.8 Å². The SMILES string of the molecule is O=C1CCC(n2c(=O)n(CC3CCN(CC4CCN(c5cccc(S(=O)(=O)N6CCC(Nc7ncc(C(F)(F)F)cn7)CC6)c5)CC4)CC3)c3ccccc32)C(=O)N1. The quantitative estimate of drug-likeness (QED) is 0.219. The van der Waals surface area contributed by atoms with Crippen molar-refractivity contribution in [3.05, 3.63) is 77.0 Å². The minimum Gasteiger partial charge on any atom is -0.371 e. The molecule has 0 aliphatic carbocycles. The molecule has 58 heavy (non-hydrogen) atoms. The van der Waals surface area contributed by atoms with Crippen LogP contribution in [0.2, 0.25) is 0 Å². The third-order valence-electron chi connectivity index (χ3n) is 12.3. The fourth-order valence-electron chi connectivity index (χ4n) is 8.95. The van der Waals surface area contributed by atoms with Gasteiger partial charge in [-0.25, -0.2) is 23.2 Å². The molecular formula is C40H48F3N9O5S. The van der Waals surface area contributed by atoms with Crippen molar-refractivity contribution in [3.8, 4) is 0 Å². The maximum atomic E-state index is 13.8. The molecule has 0 spiro atoms. The Bertz CT molecular complexity index is 2290. The van der Waals surface area contributed by atoms with Crippen LogP contribution in [-0.2, 0) is 32.3 Å². The molecule has 1 atom stereocenters. The first-order valence-electron chi connectivity index (χ1n) is 20.1. The number of anilines is 2. The predicted molar refractivity (Wildman–Crippen MR) is 211 cm³/mol. The van der Waals surface area contributed by atoms with Crippen LogP contribution in [0.5, 0.6) is 0 Å². The predicted octanol–water partition coefficient (Wildman–Crippen LogP) is 4.48. The Labute approximate surface area is 334 Å². The number of nitrogens with zero attached hydrogens (tertiary/aromatic N) is 7. The number of fused-ring (bicyclic) bond motifs is 1. The minimum atomic E-state index is -4.52. The molecule has 4 saturated heterocycles. The molecule has 2 aromatic carbocycles. The monoisotopic (exact) mass is 823 g/mol. The van der Waals surface area contributed by atoms with Gasteiger partial charge in [0.1, 0.15) is 6.04 Å². The molecule has 4 fully saturated rings. The number of alkyl halides is 3. The topological polar surface area (TPSA) is 155 Å². The summed E-state index contributed by atoms with van der Waals surface area (Å²) in [4.78, 5) is 50.8. The normalized spacial score (nSPS) is 21.4. The summed E-state index contributed by atoms with van der Waals surface area (Å²) >= 11 is 0. The summed E-state index contributed by atoms with van der Waals surface area (Å²) < 4.78 is 70.8. The van der Waals surface area contributed by atoms with Gasteiger partial charge in [-0.15, -0.1) is 0 Å². The van der Waals surface area contributed by atoms with Crippen LogP contribution in [0.15, 0.2) is 70.6 Å². The van der Waals surface area contributed by atoms with Crippen LogP contribution in [0.4, 0.5) is 24.8 Å². The van der Waals surface area contributed by atoms with E-state index in [2.05, 4.69) is 30.4 Å².